The fourth-order valence-corrected chi connectivity index (χ4v) is 1.95. The largest absolute Gasteiger partial charge is 0.478 e. The Balaban J connectivity index is 2.04. The van der Waals surface area contributed by atoms with Crippen molar-refractivity contribution in [2.24, 2.45) is 0 Å². The predicted octanol–water partition coefficient (Wildman–Crippen LogP) is 2.82. The lowest BCUT2D eigenvalue weighted by Crippen LogP contribution is -2.02. The lowest BCUT2D eigenvalue weighted by Gasteiger charge is -2.10. The van der Waals surface area contributed by atoms with Gasteiger partial charge in [0.05, 0.1) is 0 Å². The van der Waals surface area contributed by atoms with Crippen LogP contribution >= 0.6 is 0 Å². The molecule has 0 spiro atoms. The van der Waals surface area contributed by atoms with Crippen molar-refractivity contribution in [3.63, 3.8) is 0 Å². The molecule has 6 nitrogen and oxygen atoms in total. The number of ether oxygens (including phenoxy) is 1. The highest BCUT2D eigenvalue weighted by atomic mass is 16.5. The molecule has 0 radical (unpaired) electrons. The van der Waals surface area contributed by atoms with E-state index in [-0.39, 0.29) is 17.2 Å². The van der Waals surface area contributed by atoms with E-state index in [1.807, 2.05) is 0 Å². The molecule has 0 unspecified atom stereocenters. The van der Waals surface area contributed by atoms with Crippen LogP contribution in [0.2, 0.25) is 0 Å². The van der Waals surface area contributed by atoms with Crippen molar-refractivity contribution in [3.8, 4) is 11.6 Å². The Morgan fingerprint density at radius 3 is 2.76 bits per heavy atom. The van der Waals surface area contributed by atoms with Crippen molar-refractivity contribution in [2.45, 2.75) is 6.92 Å². The molecule has 2 aromatic heterocycles. The molecule has 0 bridgehead atoms. The van der Waals surface area contributed by atoms with Gasteiger partial charge in [-0.15, -0.1) is 0 Å². The van der Waals surface area contributed by atoms with E-state index < -0.39 is 5.97 Å². The maximum atomic E-state index is 11.3. The third kappa shape index (κ3) is 2.51. The minimum atomic E-state index is -1.05. The van der Waals surface area contributed by atoms with E-state index in [1.54, 1.807) is 37.4 Å². The second-order valence-corrected chi connectivity index (χ2v) is 4.41. The number of aryl methyl sites for hydroxylation is 1. The third-order valence-electron chi connectivity index (χ3n) is 2.96. The maximum absolute atomic E-state index is 11.3. The summed E-state index contributed by atoms with van der Waals surface area (Å²) in [5.41, 5.74) is 1.90. The molecule has 0 saturated carbocycles. The van der Waals surface area contributed by atoms with E-state index in [1.165, 1.54) is 12.3 Å². The van der Waals surface area contributed by atoms with Gasteiger partial charge in [0, 0.05) is 18.5 Å². The van der Waals surface area contributed by atoms with Gasteiger partial charge in [-0.05, 0) is 24.6 Å². The van der Waals surface area contributed by atoms with Crippen LogP contribution in [0.25, 0.3) is 11.2 Å². The first-order valence-electron chi connectivity index (χ1n) is 6.23. The summed E-state index contributed by atoms with van der Waals surface area (Å²) < 4.78 is 5.65. The van der Waals surface area contributed by atoms with Gasteiger partial charge in [0.25, 0.3) is 0 Å². The lowest BCUT2D eigenvalue weighted by atomic mass is 10.1. The normalized spacial score (nSPS) is 10.5. The number of para-hydroxylation sites is 1. The first-order valence-corrected chi connectivity index (χ1v) is 6.23. The van der Waals surface area contributed by atoms with Crippen molar-refractivity contribution in [1.29, 1.82) is 0 Å². The summed E-state index contributed by atoms with van der Waals surface area (Å²) in [6.45, 7) is 1.78. The Hall–Kier alpha value is -3.02. The molecular weight excluding hydrogens is 270 g/mol. The molecule has 1 N–H and O–H groups in total. The Morgan fingerprint density at radius 1 is 1.14 bits per heavy atom. The molecule has 0 atom stereocenters. The van der Waals surface area contributed by atoms with E-state index in [0.717, 1.165) is 5.56 Å². The number of carboxylic acid groups (broad SMARTS) is 1. The molecule has 0 amide bonds. The Kier molecular flexibility index (Phi) is 3.19. The van der Waals surface area contributed by atoms with Gasteiger partial charge in [-0.3, -0.25) is 4.98 Å². The molecule has 3 rings (SSSR count). The fraction of sp³-hybridized carbons (Fsp3) is 0.0667. The van der Waals surface area contributed by atoms with Gasteiger partial charge in [0.2, 0.25) is 5.88 Å². The summed E-state index contributed by atoms with van der Waals surface area (Å²) in [5.74, 6) is -0.491. The van der Waals surface area contributed by atoms with Crippen LogP contribution in [0.4, 0.5) is 0 Å². The van der Waals surface area contributed by atoms with Crippen LogP contribution in [0.3, 0.4) is 0 Å². The van der Waals surface area contributed by atoms with Crippen LogP contribution in [0.15, 0.2) is 42.7 Å². The number of hydrogen-bond acceptors (Lipinski definition) is 5. The molecule has 0 aliphatic heterocycles. The minimum Gasteiger partial charge on any atom is -0.478 e. The van der Waals surface area contributed by atoms with Crippen molar-refractivity contribution in [3.05, 3.63) is 53.9 Å². The van der Waals surface area contributed by atoms with Crippen LogP contribution in [0.1, 0.15) is 15.9 Å². The second kappa shape index (κ2) is 5.16. The summed E-state index contributed by atoms with van der Waals surface area (Å²) in [6, 6.07) is 8.30. The van der Waals surface area contributed by atoms with Crippen LogP contribution in [0.5, 0.6) is 11.6 Å². The second-order valence-electron chi connectivity index (χ2n) is 4.41. The van der Waals surface area contributed by atoms with Gasteiger partial charge < -0.3 is 9.84 Å². The molecule has 3 aromatic rings. The SMILES string of the molecule is Cc1cccc(C(=O)O)c1Oc1ccc2nccnc2n1. The highest BCUT2D eigenvalue weighted by Crippen LogP contribution is 2.28. The van der Waals surface area contributed by atoms with Gasteiger partial charge in [-0.1, -0.05) is 12.1 Å². The number of carbonyl (C=O) groups is 1. The smallest absolute Gasteiger partial charge is 0.339 e. The number of rotatable bonds is 3. The Bertz CT molecular complexity index is 833. The molecule has 2 heterocycles. The average Bonchev–Trinajstić information content (AvgIpc) is 2.49. The zero-order chi connectivity index (χ0) is 14.8. The highest BCUT2D eigenvalue weighted by Gasteiger charge is 2.15. The standard InChI is InChI=1S/C15H11N3O3/c1-9-3-2-4-10(15(19)20)13(9)21-12-6-5-11-14(18-12)17-8-7-16-11/h2-8H,1H3,(H,19,20). The summed E-state index contributed by atoms with van der Waals surface area (Å²) >= 11 is 0. The number of nitrogens with zero attached hydrogens (tertiary/aromatic N) is 3. The van der Waals surface area contributed by atoms with E-state index in [9.17, 15) is 9.90 Å². The molecule has 1 aromatic carbocycles. The molecule has 104 valence electrons. The van der Waals surface area contributed by atoms with Crippen molar-refractivity contribution < 1.29 is 14.6 Å². The van der Waals surface area contributed by atoms with Gasteiger partial charge in [0.15, 0.2) is 5.65 Å². The highest BCUT2D eigenvalue weighted by molar-refractivity contribution is 5.91. The number of carboxylic acids is 1. The number of aromatic carboxylic acids is 1. The number of pyridine rings is 1. The van der Waals surface area contributed by atoms with Crippen LogP contribution in [-0.4, -0.2) is 26.0 Å². The van der Waals surface area contributed by atoms with E-state index >= 15 is 0 Å². The zero-order valence-electron chi connectivity index (χ0n) is 11.1. The lowest BCUT2D eigenvalue weighted by molar-refractivity contribution is 0.0694. The van der Waals surface area contributed by atoms with Crippen molar-refractivity contribution in [2.75, 3.05) is 0 Å². The summed E-state index contributed by atoms with van der Waals surface area (Å²) in [6.07, 6.45) is 3.12. The molecule has 21 heavy (non-hydrogen) atoms. The summed E-state index contributed by atoms with van der Waals surface area (Å²) in [7, 11) is 0. The predicted molar refractivity (Wildman–Crippen MR) is 75.5 cm³/mol. The molecule has 0 fully saturated rings. The zero-order valence-corrected chi connectivity index (χ0v) is 11.1. The van der Waals surface area contributed by atoms with Gasteiger partial charge in [0.1, 0.15) is 16.8 Å². The number of aromatic nitrogens is 3. The molecular formula is C15H11N3O3. The monoisotopic (exact) mass is 281 g/mol. The van der Waals surface area contributed by atoms with Gasteiger partial charge >= 0.3 is 5.97 Å². The summed E-state index contributed by atoms with van der Waals surface area (Å²) in [4.78, 5) is 23.7. The Labute approximate surface area is 120 Å². The summed E-state index contributed by atoms with van der Waals surface area (Å²) in [5, 5.41) is 9.22. The molecule has 0 saturated heterocycles. The van der Waals surface area contributed by atoms with Crippen LogP contribution in [-0.2, 0) is 0 Å². The van der Waals surface area contributed by atoms with E-state index in [4.69, 9.17) is 4.74 Å². The van der Waals surface area contributed by atoms with Gasteiger partial charge in [-0.2, -0.15) is 4.98 Å². The number of benzene rings is 1. The van der Waals surface area contributed by atoms with Crippen molar-refractivity contribution >= 4 is 17.1 Å². The van der Waals surface area contributed by atoms with Gasteiger partial charge in [-0.25, -0.2) is 9.78 Å². The quantitative estimate of drug-likeness (QED) is 0.794. The first kappa shape index (κ1) is 13.0. The van der Waals surface area contributed by atoms with Crippen LogP contribution in [0, 0.1) is 6.92 Å². The first-order chi connectivity index (χ1) is 10.1. The average molecular weight is 281 g/mol. The number of fused-ring (bicyclic) bond motifs is 1. The van der Waals surface area contributed by atoms with Crippen LogP contribution < -0.4 is 4.74 Å². The van der Waals surface area contributed by atoms with E-state index in [0.29, 0.717) is 11.2 Å². The van der Waals surface area contributed by atoms with E-state index in [2.05, 4.69) is 15.0 Å². The maximum Gasteiger partial charge on any atom is 0.339 e. The third-order valence-corrected chi connectivity index (χ3v) is 2.96. The number of hydrogen-bond donors (Lipinski definition) is 1. The molecule has 0 aliphatic carbocycles. The topological polar surface area (TPSA) is 85.2 Å². The van der Waals surface area contributed by atoms with Crippen molar-refractivity contribution in [1.82, 2.24) is 15.0 Å². The molecule has 0 aliphatic rings. The minimum absolute atomic E-state index is 0.0936. The molecule has 6 heteroatoms. The Morgan fingerprint density at radius 2 is 1.95 bits per heavy atom. The fourth-order valence-electron chi connectivity index (χ4n) is 1.95.